The summed E-state index contributed by atoms with van der Waals surface area (Å²) in [6.07, 6.45) is 1.74. The molecular formula is C38H25N3O2Pt. The van der Waals surface area contributed by atoms with E-state index in [2.05, 4.69) is 28.8 Å². The molecule has 2 N–H and O–H groups in total. The molecule has 0 aliphatic rings. The number of aliphatic imine (C=N–C) groups is 1. The Morgan fingerprint density at radius 3 is 2.14 bits per heavy atom. The first-order valence-corrected chi connectivity index (χ1v) is 14.1. The molecule has 0 aliphatic carbocycles. The van der Waals surface area contributed by atoms with Crippen molar-refractivity contribution in [3.05, 3.63) is 139 Å². The van der Waals surface area contributed by atoms with Gasteiger partial charge in [-0.2, -0.15) is 0 Å². The molecule has 0 amide bonds. The molecule has 0 bridgehead atoms. The van der Waals surface area contributed by atoms with Crippen molar-refractivity contribution in [3.8, 4) is 28.4 Å². The Hall–Kier alpha value is -5.25. The third-order valence-corrected chi connectivity index (χ3v) is 8.04. The largest absolute Gasteiger partial charge is 0.507 e. The van der Waals surface area contributed by atoms with Gasteiger partial charge >= 0.3 is 0 Å². The molecule has 214 valence electrons. The van der Waals surface area contributed by atoms with Crippen molar-refractivity contribution < 1.29 is 31.3 Å². The third kappa shape index (κ3) is 4.54. The van der Waals surface area contributed by atoms with Crippen molar-refractivity contribution in [2.24, 2.45) is 4.99 Å². The summed E-state index contributed by atoms with van der Waals surface area (Å²) in [7, 11) is 0. The molecule has 0 atom stereocenters. The molecule has 2 aromatic heterocycles. The number of aromatic hydroxyl groups is 2. The second-order valence-corrected chi connectivity index (χ2v) is 10.6. The number of phenolic OH excluding ortho intramolecular Hbond substituents is 2. The van der Waals surface area contributed by atoms with E-state index in [1.54, 1.807) is 12.3 Å². The van der Waals surface area contributed by atoms with E-state index >= 15 is 0 Å². The molecular weight excluding hydrogens is 726 g/mol. The summed E-state index contributed by atoms with van der Waals surface area (Å²) in [5, 5.41) is 27.6. The van der Waals surface area contributed by atoms with Gasteiger partial charge in [-0.25, -0.2) is 4.98 Å². The van der Waals surface area contributed by atoms with Gasteiger partial charge in [-0.3, -0.25) is 4.99 Å². The summed E-state index contributed by atoms with van der Waals surface area (Å²) in [5.74, 6) is 0.344. The Kier molecular flexibility index (Phi) is 6.96. The van der Waals surface area contributed by atoms with E-state index < -0.39 is 0 Å². The van der Waals surface area contributed by atoms with Crippen molar-refractivity contribution in [2.75, 3.05) is 0 Å². The van der Waals surface area contributed by atoms with Crippen molar-refractivity contribution in [1.29, 1.82) is 0 Å². The number of hydrogen-bond acceptors (Lipinski definition) is 4. The van der Waals surface area contributed by atoms with Gasteiger partial charge in [0.1, 0.15) is 11.5 Å². The number of hydrogen-bond donors (Lipinski definition) is 2. The van der Waals surface area contributed by atoms with Crippen molar-refractivity contribution in [1.82, 2.24) is 9.55 Å². The molecule has 5 nitrogen and oxygen atoms in total. The fourth-order valence-corrected chi connectivity index (χ4v) is 6.07. The Balaban J connectivity index is 0.00000312. The van der Waals surface area contributed by atoms with Gasteiger partial charge in [0, 0.05) is 53.9 Å². The Morgan fingerprint density at radius 2 is 1.30 bits per heavy atom. The van der Waals surface area contributed by atoms with Gasteiger partial charge in [-0.15, -0.1) is 0 Å². The first-order valence-electron chi connectivity index (χ1n) is 14.1. The smallest absolute Gasteiger partial charge is 0.125 e. The van der Waals surface area contributed by atoms with Gasteiger partial charge < -0.3 is 14.8 Å². The molecule has 0 unspecified atom stereocenters. The van der Waals surface area contributed by atoms with E-state index in [4.69, 9.17) is 9.98 Å². The van der Waals surface area contributed by atoms with Gasteiger partial charge in [-0.1, -0.05) is 84.9 Å². The monoisotopic (exact) mass is 750 g/mol. The molecule has 0 aliphatic heterocycles. The van der Waals surface area contributed by atoms with Gasteiger partial charge in [0.15, 0.2) is 0 Å². The maximum absolute atomic E-state index is 11.4. The second-order valence-electron chi connectivity index (χ2n) is 10.6. The predicted octanol–water partition coefficient (Wildman–Crippen LogP) is 9.31. The summed E-state index contributed by atoms with van der Waals surface area (Å²) in [6.45, 7) is 0. The molecule has 44 heavy (non-hydrogen) atoms. The number of nitrogens with zero attached hydrogens (tertiary/aromatic N) is 3. The van der Waals surface area contributed by atoms with Crippen molar-refractivity contribution >= 4 is 55.3 Å². The number of benzene rings is 6. The molecule has 0 saturated carbocycles. The zero-order chi connectivity index (χ0) is 28.9. The minimum absolute atomic E-state index is 0. The summed E-state index contributed by atoms with van der Waals surface area (Å²) in [5.41, 5.74) is 5.70. The maximum atomic E-state index is 11.4. The number of phenols is 2. The molecule has 0 fully saturated rings. The van der Waals surface area contributed by atoms with Crippen LogP contribution in [0.5, 0.6) is 11.5 Å². The quantitative estimate of drug-likeness (QED) is 0.176. The summed E-state index contributed by atoms with van der Waals surface area (Å²) in [6, 6.07) is 43.6. The Morgan fingerprint density at radius 1 is 0.591 bits per heavy atom. The van der Waals surface area contributed by atoms with Crippen LogP contribution in [0.2, 0.25) is 0 Å². The number of para-hydroxylation sites is 2. The van der Waals surface area contributed by atoms with Crippen LogP contribution < -0.4 is 0 Å². The second kappa shape index (κ2) is 11.1. The van der Waals surface area contributed by atoms with Crippen LogP contribution in [0.25, 0.3) is 60.3 Å². The first kappa shape index (κ1) is 27.6. The number of rotatable bonds is 4. The van der Waals surface area contributed by atoms with Crippen LogP contribution in [0.15, 0.2) is 138 Å². The van der Waals surface area contributed by atoms with Crippen molar-refractivity contribution in [3.63, 3.8) is 0 Å². The molecule has 6 heteroatoms. The molecule has 8 rings (SSSR count). The van der Waals surface area contributed by atoms with E-state index in [0.29, 0.717) is 28.0 Å². The molecule has 0 radical (unpaired) electrons. The van der Waals surface area contributed by atoms with E-state index in [1.165, 1.54) is 0 Å². The SMILES string of the molecule is Oc1cc2c3ccccc3n(-c3ccccc3)c2cc1-c1cc2ccccc2c(C=Nc2cccc3cccc(O)c23)n1.[Pt]. The molecule has 2 heterocycles. The number of aromatic nitrogens is 2. The van der Waals surface area contributed by atoms with Crippen LogP contribution in [0, 0.1) is 0 Å². The van der Waals surface area contributed by atoms with E-state index in [0.717, 1.165) is 43.7 Å². The minimum Gasteiger partial charge on any atom is -0.507 e. The number of pyridine rings is 1. The minimum atomic E-state index is 0. The summed E-state index contributed by atoms with van der Waals surface area (Å²) >= 11 is 0. The zero-order valence-electron chi connectivity index (χ0n) is 23.3. The predicted molar refractivity (Wildman–Crippen MR) is 176 cm³/mol. The zero-order valence-corrected chi connectivity index (χ0v) is 25.6. The summed E-state index contributed by atoms with van der Waals surface area (Å²) in [4.78, 5) is 9.82. The summed E-state index contributed by atoms with van der Waals surface area (Å²) < 4.78 is 2.23. The molecule has 8 aromatic rings. The van der Waals surface area contributed by atoms with E-state index in [-0.39, 0.29) is 32.6 Å². The molecule has 6 aromatic carbocycles. The van der Waals surface area contributed by atoms with E-state index in [9.17, 15) is 10.2 Å². The van der Waals surface area contributed by atoms with Crippen LogP contribution in [-0.4, -0.2) is 26.0 Å². The van der Waals surface area contributed by atoms with Gasteiger partial charge in [0.25, 0.3) is 0 Å². The third-order valence-electron chi connectivity index (χ3n) is 8.04. The Bertz CT molecular complexity index is 2370. The molecule has 0 spiro atoms. The van der Waals surface area contributed by atoms with Crippen LogP contribution in [0.1, 0.15) is 5.69 Å². The average molecular weight is 751 g/mol. The fraction of sp³-hybridized carbons (Fsp3) is 0. The van der Waals surface area contributed by atoms with Crippen LogP contribution in [-0.2, 0) is 21.1 Å². The first-order chi connectivity index (χ1) is 21.2. The normalized spacial score (nSPS) is 11.5. The Labute approximate surface area is 267 Å². The standard InChI is InChI=1S/C38H25N3O2.Pt/c42-36-19-9-12-24-11-8-17-31(38(24)36)39-23-33-27-15-5-4-10-25(27)20-32(40-33)30-21-35-29(22-37(30)43)28-16-6-7-18-34(28)41(35)26-13-2-1-3-14-26;/h1-23,42-43H;. The van der Waals surface area contributed by atoms with Gasteiger partial charge in [0.05, 0.1) is 34.3 Å². The van der Waals surface area contributed by atoms with Crippen LogP contribution in [0.4, 0.5) is 5.69 Å². The van der Waals surface area contributed by atoms with Gasteiger partial charge in [-0.05, 0) is 59.3 Å². The maximum Gasteiger partial charge on any atom is 0.125 e. The topological polar surface area (TPSA) is 70.6 Å². The fourth-order valence-electron chi connectivity index (χ4n) is 6.07. The van der Waals surface area contributed by atoms with E-state index in [1.807, 2.05) is 103 Å². The van der Waals surface area contributed by atoms with Gasteiger partial charge in [0.2, 0.25) is 0 Å². The van der Waals surface area contributed by atoms with Crippen LogP contribution >= 0.6 is 0 Å². The average Bonchev–Trinajstić information content (AvgIpc) is 3.36. The molecule has 0 saturated heterocycles. The van der Waals surface area contributed by atoms with Crippen molar-refractivity contribution in [2.45, 2.75) is 0 Å². The number of fused-ring (bicyclic) bond motifs is 5. The van der Waals surface area contributed by atoms with Crippen LogP contribution in [0.3, 0.4) is 0 Å².